The van der Waals surface area contributed by atoms with Crippen molar-refractivity contribution in [3.8, 4) is 0 Å². The third-order valence-electron chi connectivity index (χ3n) is 2.43. The SMILES string of the molecule is O=C1CN(CC2CSCCS2)C(=O)CN1. The lowest BCUT2D eigenvalue weighted by Gasteiger charge is -2.31. The molecule has 0 spiro atoms. The molecule has 1 atom stereocenters. The minimum atomic E-state index is -0.0388. The number of carbonyl (C=O) groups excluding carboxylic acids is 2. The molecule has 0 saturated carbocycles. The lowest BCUT2D eigenvalue weighted by atomic mass is 10.3. The van der Waals surface area contributed by atoms with E-state index >= 15 is 0 Å². The predicted octanol–water partition coefficient (Wildman–Crippen LogP) is -0.207. The Kier molecular flexibility index (Phi) is 3.80. The summed E-state index contributed by atoms with van der Waals surface area (Å²) in [5, 5.41) is 3.06. The van der Waals surface area contributed by atoms with Gasteiger partial charge in [0.25, 0.3) is 0 Å². The topological polar surface area (TPSA) is 49.4 Å². The molecule has 0 bridgehead atoms. The quantitative estimate of drug-likeness (QED) is 0.733. The van der Waals surface area contributed by atoms with E-state index in [1.165, 1.54) is 5.75 Å². The summed E-state index contributed by atoms with van der Waals surface area (Å²) in [4.78, 5) is 24.3. The average Bonchev–Trinajstić information content (AvgIpc) is 2.25. The van der Waals surface area contributed by atoms with E-state index in [1.54, 1.807) is 4.90 Å². The van der Waals surface area contributed by atoms with Crippen molar-refractivity contribution in [1.82, 2.24) is 10.2 Å². The van der Waals surface area contributed by atoms with Gasteiger partial charge in [0.05, 0.1) is 13.1 Å². The Morgan fingerprint density at radius 1 is 1.40 bits per heavy atom. The van der Waals surface area contributed by atoms with Crippen molar-refractivity contribution < 1.29 is 9.59 Å². The second kappa shape index (κ2) is 5.12. The lowest BCUT2D eigenvalue weighted by Crippen LogP contribution is -2.53. The van der Waals surface area contributed by atoms with Crippen LogP contribution in [-0.4, -0.2) is 58.9 Å². The third kappa shape index (κ3) is 3.04. The second-order valence-electron chi connectivity index (χ2n) is 3.62. The fourth-order valence-electron chi connectivity index (χ4n) is 1.66. The zero-order chi connectivity index (χ0) is 10.7. The van der Waals surface area contributed by atoms with E-state index in [1.807, 2.05) is 23.5 Å². The minimum absolute atomic E-state index is 0.0388. The van der Waals surface area contributed by atoms with Gasteiger partial charge in [0.2, 0.25) is 11.8 Å². The van der Waals surface area contributed by atoms with Gasteiger partial charge in [-0.2, -0.15) is 23.5 Å². The summed E-state index contributed by atoms with van der Waals surface area (Å²) in [7, 11) is 0. The number of hydrogen-bond donors (Lipinski definition) is 1. The van der Waals surface area contributed by atoms with Crippen LogP contribution in [0.1, 0.15) is 0 Å². The molecule has 0 aliphatic carbocycles. The van der Waals surface area contributed by atoms with Crippen molar-refractivity contribution >= 4 is 35.3 Å². The molecule has 2 saturated heterocycles. The summed E-state index contributed by atoms with van der Waals surface area (Å²) in [6, 6.07) is 0. The Hall–Kier alpha value is -0.360. The van der Waals surface area contributed by atoms with Gasteiger partial charge in [-0.1, -0.05) is 0 Å². The van der Waals surface area contributed by atoms with Crippen LogP contribution in [0.5, 0.6) is 0 Å². The summed E-state index contributed by atoms with van der Waals surface area (Å²) < 4.78 is 0. The number of rotatable bonds is 2. The monoisotopic (exact) mass is 246 g/mol. The van der Waals surface area contributed by atoms with Crippen molar-refractivity contribution in [2.75, 3.05) is 36.9 Å². The first-order valence-electron chi connectivity index (χ1n) is 4.99. The van der Waals surface area contributed by atoms with Crippen molar-refractivity contribution in [1.29, 1.82) is 0 Å². The molecule has 84 valence electrons. The maximum absolute atomic E-state index is 11.5. The van der Waals surface area contributed by atoms with E-state index in [9.17, 15) is 9.59 Å². The number of nitrogens with one attached hydrogen (secondary N) is 1. The number of carbonyl (C=O) groups is 2. The van der Waals surface area contributed by atoms with Crippen molar-refractivity contribution in [2.24, 2.45) is 0 Å². The molecule has 2 fully saturated rings. The van der Waals surface area contributed by atoms with Crippen molar-refractivity contribution in [3.63, 3.8) is 0 Å². The fraction of sp³-hybridized carbons (Fsp3) is 0.778. The van der Waals surface area contributed by atoms with Crippen LogP contribution in [0.2, 0.25) is 0 Å². The summed E-state index contributed by atoms with van der Waals surface area (Å²) in [6.07, 6.45) is 0. The Bertz CT molecular complexity index is 267. The molecule has 15 heavy (non-hydrogen) atoms. The van der Waals surface area contributed by atoms with Crippen LogP contribution < -0.4 is 5.32 Å². The molecule has 4 nitrogen and oxygen atoms in total. The maximum Gasteiger partial charge on any atom is 0.242 e. The minimum Gasteiger partial charge on any atom is -0.345 e. The van der Waals surface area contributed by atoms with Gasteiger partial charge >= 0.3 is 0 Å². The Balaban J connectivity index is 1.85. The van der Waals surface area contributed by atoms with E-state index in [2.05, 4.69) is 5.32 Å². The van der Waals surface area contributed by atoms with Crippen molar-refractivity contribution in [2.45, 2.75) is 5.25 Å². The molecule has 2 aliphatic rings. The number of piperazine rings is 1. The van der Waals surface area contributed by atoms with Crippen LogP contribution in [0.15, 0.2) is 0 Å². The Morgan fingerprint density at radius 2 is 2.27 bits per heavy atom. The zero-order valence-corrected chi connectivity index (χ0v) is 10.0. The van der Waals surface area contributed by atoms with Crippen LogP contribution in [0.4, 0.5) is 0 Å². The molecule has 0 aromatic rings. The van der Waals surface area contributed by atoms with Gasteiger partial charge in [0, 0.05) is 29.1 Å². The summed E-state index contributed by atoms with van der Waals surface area (Å²) >= 11 is 3.85. The van der Waals surface area contributed by atoms with Gasteiger partial charge in [0.1, 0.15) is 0 Å². The second-order valence-corrected chi connectivity index (χ2v) is 6.18. The molecule has 0 aromatic carbocycles. The number of hydrogen-bond acceptors (Lipinski definition) is 4. The first kappa shape index (κ1) is 11.1. The molecule has 2 aliphatic heterocycles. The summed E-state index contributed by atoms with van der Waals surface area (Å²) in [5.41, 5.74) is 0. The van der Waals surface area contributed by atoms with Crippen LogP contribution in [-0.2, 0) is 9.59 Å². The maximum atomic E-state index is 11.5. The number of amides is 2. The first-order chi connectivity index (χ1) is 7.25. The normalized spacial score (nSPS) is 27.7. The highest BCUT2D eigenvalue weighted by atomic mass is 32.2. The van der Waals surface area contributed by atoms with E-state index < -0.39 is 0 Å². The molecule has 0 radical (unpaired) electrons. The molecule has 2 amide bonds. The molecule has 1 N–H and O–H groups in total. The van der Waals surface area contributed by atoms with Gasteiger partial charge in [-0.05, 0) is 0 Å². The molecule has 1 unspecified atom stereocenters. The molecule has 2 rings (SSSR count). The average molecular weight is 246 g/mol. The third-order valence-corrected chi connectivity index (χ3v) is 5.26. The Labute approximate surface area is 97.5 Å². The molecular formula is C9H14N2O2S2. The smallest absolute Gasteiger partial charge is 0.242 e. The van der Waals surface area contributed by atoms with Crippen molar-refractivity contribution in [3.05, 3.63) is 0 Å². The van der Waals surface area contributed by atoms with Crippen LogP contribution in [0.3, 0.4) is 0 Å². The summed E-state index contributed by atoms with van der Waals surface area (Å²) in [6.45, 7) is 1.13. The van der Waals surface area contributed by atoms with Crippen LogP contribution in [0.25, 0.3) is 0 Å². The highest BCUT2D eigenvalue weighted by Crippen LogP contribution is 2.24. The fourth-order valence-corrected chi connectivity index (χ4v) is 4.34. The lowest BCUT2D eigenvalue weighted by molar-refractivity contribution is -0.140. The zero-order valence-electron chi connectivity index (χ0n) is 8.40. The Morgan fingerprint density at radius 3 is 3.00 bits per heavy atom. The highest BCUT2D eigenvalue weighted by molar-refractivity contribution is 8.06. The first-order valence-corrected chi connectivity index (χ1v) is 7.20. The van der Waals surface area contributed by atoms with Gasteiger partial charge < -0.3 is 10.2 Å². The number of thioether (sulfide) groups is 2. The molecule has 0 aromatic heterocycles. The van der Waals surface area contributed by atoms with Gasteiger partial charge in [-0.15, -0.1) is 0 Å². The predicted molar refractivity (Wildman–Crippen MR) is 63.2 cm³/mol. The standard InChI is InChI=1S/C9H14N2O2S2/c12-8-5-11(9(13)3-10-8)4-7-6-14-1-2-15-7/h7H,1-6H2,(H,10,12). The largest absolute Gasteiger partial charge is 0.345 e. The van der Waals surface area contributed by atoms with E-state index in [0.717, 1.165) is 18.1 Å². The van der Waals surface area contributed by atoms with Gasteiger partial charge in [-0.3, -0.25) is 9.59 Å². The van der Waals surface area contributed by atoms with Crippen LogP contribution in [0, 0.1) is 0 Å². The van der Waals surface area contributed by atoms with Crippen LogP contribution >= 0.6 is 23.5 Å². The van der Waals surface area contributed by atoms with E-state index in [4.69, 9.17) is 0 Å². The molecule has 2 heterocycles. The van der Waals surface area contributed by atoms with Gasteiger partial charge in [-0.25, -0.2) is 0 Å². The highest BCUT2D eigenvalue weighted by Gasteiger charge is 2.26. The number of nitrogens with zero attached hydrogens (tertiary/aromatic N) is 1. The summed E-state index contributed by atoms with van der Waals surface area (Å²) in [5.74, 6) is 3.46. The van der Waals surface area contributed by atoms with E-state index in [-0.39, 0.29) is 24.9 Å². The molecule has 6 heteroatoms. The molecular weight excluding hydrogens is 232 g/mol. The van der Waals surface area contributed by atoms with E-state index in [0.29, 0.717) is 5.25 Å². The van der Waals surface area contributed by atoms with Gasteiger partial charge in [0.15, 0.2) is 0 Å².